The summed E-state index contributed by atoms with van der Waals surface area (Å²) in [6.07, 6.45) is -0.278. The number of para-hydroxylation sites is 2. The first-order chi connectivity index (χ1) is 21.6. The van der Waals surface area contributed by atoms with Crippen molar-refractivity contribution in [1.29, 1.82) is 0 Å². The summed E-state index contributed by atoms with van der Waals surface area (Å²) in [5.41, 5.74) is 6.50. The van der Waals surface area contributed by atoms with Gasteiger partial charge in [0.25, 0.3) is 0 Å². The number of aromatic nitrogens is 6. The average Bonchev–Trinajstić information content (AvgIpc) is 3.61. The Morgan fingerprint density at radius 2 is 1.02 bits per heavy atom. The SMILES string of the molecule is C.C.CC(O)CC(C)O.Cc1nc(-c2[c-]cccc2)n(-c2ccccc2C)n1.Cc1nc(-c2ccccc2)n(-c2ccccc2C)n1.[Ir].[Ir]. The van der Waals surface area contributed by atoms with E-state index in [2.05, 4.69) is 76.5 Å². The smallest absolute Gasteiger partial charge is 0.163 e. The molecule has 6 rings (SSSR count). The van der Waals surface area contributed by atoms with E-state index in [0.717, 1.165) is 45.8 Å². The molecule has 0 amide bonds. The molecule has 4 aromatic carbocycles. The second-order valence-corrected chi connectivity index (χ2v) is 10.9. The fraction of sp³-hybridized carbons (Fsp3) is 0.282. The van der Waals surface area contributed by atoms with Crippen LogP contribution in [0, 0.1) is 33.8 Å². The van der Waals surface area contributed by atoms with Gasteiger partial charge < -0.3 is 10.2 Å². The molecule has 0 bridgehead atoms. The number of hydrogen-bond donors (Lipinski definition) is 2. The average molecular weight is 1020 g/mol. The molecule has 0 saturated carbocycles. The Morgan fingerprint density at radius 1 is 0.592 bits per heavy atom. The number of aliphatic hydroxyl groups excluding tert-OH is 2. The zero-order chi connectivity index (χ0) is 32.3. The van der Waals surface area contributed by atoms with Gasteiger partial charge in [-0.2, -0.15) is 10.2 Å². The maximum Gasteiger partial charge on any atom is 0.163 e. The summed E-state index contributed by atoms with van der Waals surface area (Å²) in [6.45, 7) is 11.3. The van der Waals surface area contributed by atoms with Gasteiger partial charge in [-0.3, -0.25) is 9.67 Å². The first kappa shape index (κ1) is 45.4. The van der Waals surface area contributed by atoms with Gasteiger partial charge in [0.15, 0.2) is 5.82 Å². The number of rotatable bonds is 6. The maximum absolute atomic E-state index is 8.56. The van der Waals surface area contributed by atoms with Crippen LogP contribution in [0.2, 0.25) is 0 Å². The van der Waals surface area contributed by atoms with E-state index < -0.39 is 0 Å². The standard InChI is InChI=1S/C16H15N3.C16H14N3.C5H12O2.2CH4.2Ir/c2*1-12-8-6-7-11-15(12)19-16(17-13(2)18-19)14-9-4-3-5-10-14;1-4(6)3-5(2)7;;;;/h3-11H,1-2H3;3-9,11H,1-2H3;4-7H,3H2,1-2H3;2*1H4;;/q;-1;;;;;. The largest absolute Gasteiger partial charge is 0.393 e. The zero-order valence-corrected chi connectivity index (χ0v) is 32.2. The van der Waals surface area contributed by atoms with Gasteiger partial charge in [0.1, 0.15) is 11.6 Å². The quantitative estimate of drug-likeness (QED) is 0.163. The third-order valence-electron chi connectivity index (χ3n) is 6.78. The Balaban J connectivity index is 0.000000741. The summed E-state index contributed by atoms with van der Waals surface area (Å²) >= 11 is 0. The van der Waals surface area contributed by atoms with Crippen LogP contribution in [0.4, 0.5) is 0 Å². The van der Waals surface area contributed by atoms with Crippen LogP contribution in [0.5, 0.6) is 0 Å². The molecular formula is C39H49Ir2N6O2-. The van der Waals surface area contributed by atoms with Crippen LogP contribution in [-0.4, -0.2) is 51.9 Å². The van der Waals surface area contributed by atoms with E-state index in [4.69, 9.17) is 10.2 Å². The molecule has 0 fully saturated rings. The molecule has 2 aromatic heterocycles. The Hall–Kier alpha value is -3.62. The van der Waals surface area contributed by atoms with Crippen LogP contribution in [0.3, 0.4) is 0 Å². The molecule has 0 aliphatic heterocycles. The minimum Gasteiger partial charge on any atom is -0.393 e. The summed E-state index contributed by atoms with van der Waals surface area (Å²) < 4.78 is 3.80. The van der Waals surface area contributed by atoms with E-state index in [1.807, 2.05) is 89.9 Å². The van der Waals surface area contributed by atoms with Gasteiger partial charge in [-0.05, 0) is 71.2 Å². The number of nitrogens with zero attached hydrogens (tertiary/aromatic N) is 6. The first-order valence-electron chi connectivity index (χ1n) is 15.0. The van der Waals surface area contributed by atoms with Crippen molar-refractivity contribution in [2.24, 2.45) is 0 Å². The molecule has 0 aliphatic rings. The number of aliphatic hydroxyl groups is 2. The second kappa shape index (κ2) is 22.2. The van der Waals surface area contributed by atoms with E-state index in [1.54, 1.807) is 13.8 Å². The minimum atomic E-state index is -0.375. The van der Waals surface area contributed by atoms with Crippen molar-refractivity contribution in [3.05, 3.63) is 132 Å². The predicted molar refractivity (Wildman–Crippen MR) is 193 cm³/mol. The van der Waals surface area contributed by atoms with Crippen LogP contribution in [0.1, 0.15) is 57.9 Å². The molecular weight excluding hydrogens is 969 g/mol. The van der Waals surface area contributed by atoms with Gasteiger partial charge in [-0.1, -0.05) is 81.6 Å². The van der Waals surface area contributed by atoms with Crippen LogP contribution < -0.4 is 0 Å². The van der Waals surface area contributed by atoms with Gasteiger partial charge in [0.05, 0.1) is 29.4 Å². The van der Waals surface area contributed by atoms with Crippen LogP contribution in [0.15, 0.2) is 103 Å². The molecule has 0 spiro atoms. The number of benzene rings is 4. The van der Waals surface area contributed by atoms with Crippen molar-refractivity contribution in [3.8, 4) is 34.2 Å². The minimum absolute atomic E-state index is 0. The van der Waals surface area contributed by atoms with Crippen molar-refractivity contribution < 1.29 is 50.4 Å². The fourth-order valence-electron chi connectivity index (χ4n) is 4.74. The molecule has 0 saturated heterocycles. The van der Waals surface area contributed by atoms with Gasteiger partial charge in [-0.25, -0.2) is 9.67 Å². The third kappa shape index (κ3) is 13.0. The van der Waals surface area contributed by atoms with Crippen molar-refractivity contribution in [3.63, 3.8) is 0 Å². The third-order valence-corrected chi connectivity index (χ3v) is 6.78. The molecule has 49 heavy (non-hydrogen) atoms. The zero-order valence-electron chi connectivity index (χ0n) is 27.4. The molecule has 8 nitrogen and oxygen atoms in total. The monoisotopic (exact) mass is 1020 g/mol. The topological polar surface area (TPSA) is 102 Å². The number of aryl methyl sites for hydroxylation is 4. The second-order valence-electron chi connectivity index (χ2n) is 10.9. The molecule has 6 aromatic rings. The van der Waals surface area contributed by atoms with Crippen molar-refractivity contribution in [1.82, 2.24) is 29.5 Å². The van der Waals surface area contributed by atoms with Gasteiger partial charge in [0, 0.05) is 45.8 Å². The molecule has 0 aliphatic carbocycles. The van der Waals surface area contributed by atoms with E-state index >= 15 is 0 Å². The molecule has 2 radical (unpaired) electrons. The van der Waals surface area contributed by atoms with E-state index in [-0.39, 0.29) is 67.3 Å². The molecule has 2 atom stereocenters. The summed E-state index contributed by atoms with van der Waals surface area (Å²) in [6, 6.07) is 37.5. The van der Waals surface area contributed by atoms with Crippen molar-refractivity contribution in [2.75, 3.05) is 0 Å². The normalized spacial score (nSPS) is 10.9. The Bertz CT molecular complexity index is 1660. The van der Waals surface area contributed by atoms with Gasteiger partial charge >= 0.3 is 0 Å². The van der Waals surface area contributed by atoms with Crippen molar-refractivity contribution >= 4 is 0 Å². The fourth-order valence-corrected chi connectivity index (χ4v) is 4.74. The molecule has 2 unspecified atom stereocenters. The van der Waals surface area contributed by atoms with Gasteiger partial charge in [0.2, 0.25) is 0 Å². The van der Waals surface area contributed by atoms with Crippen molar-refractivity contribution in [2.45, 2.75) is 75.0 Å². The van der Waals surface area contributed by atoms with E-state index in [0.29, 0.717) is 6.42 Å². The predicted octanol–water partition coefficient (Wildman–Crippen LogP) is 8.31. The summed E-state index contributed by atoms with van der Waals surface area (Å²) in [4.78, 5) is 9.07. The van der Waals surface area contributed by atoms with Crippen LogP contribution in [0.25, 0.3) is 34.2 Å². The molecule has 10 heteroatoms. The summed E-state index contributed by atoms with van der Waals surface area (Å²) in [7, 11) is 0. The summed E-state index contributed by atoms with van der Waals surface area (Å²) in [5, 5.41) is 26.2. The molecule has 2 N–H and O–H groups in total. The number of hydrogen-bond acceptors (Lipinski definition) is 6. The Kier molecular flexibility index (Phi) is 20.5. The first-order valence-corrected chi connectivity index (χ1v) is 15.0. The van der Waals surface area contributed by atoms with Gasteiger partial charge in [-0.15, -0.1) is 35.9 Å². The van der Waals surface area contributed by atoms with Crippen LogP contribution >= 0.6 is 0 Å². The Morgan fingerprint density at radius 3 is 1.45 bits per heavy atom. The summed E-state index contributed by atoms with van der Waals surface area (Å²) in [5.74, 6) is 3.25. The Labute approximate surface area is 319 Å². The molecule has 266 valence electrons. The van der Waals surface area contributed by atoms with E-state index in [9.17, 15) is 0 Å². The maximum atomic E-state index is 8.56. The van der Waals surface area contributed by atoms with E-state index in [1.165, 1.54) is 11.1 Å². The van der Waals surface area contributed by atoms with Crippen LogP contribution in [-0.2, 0) is 40.2 Å². The molecule has 2 heterocycles.